The molecule has 0 atom stereocenters. The Bertz CT molecular complexity index is 1540. The lowest BCUT2D eigenvalue weighted by Crippen LogP contribution is -2.38. The standard InChI is InChI=1S/C27H22FN5O3S2/c1-3-19-21(4-2)37-26(30-19)32-27(35)33-13-5-6-15-7-8-16(14-20(15)33)24-31-22(23(29)34)25(38-24)36-18-11-9-17(28)10-12-18/h3-4,7-12,14H,1-2,5-6,13H2,(H2,29,34)(H,30,32,35). The molecule has 0 bridgehead atoms. The van der Waals surface area contributed by atoms with Crippen molar-refractivity contribution in [1.82, 2.24) is 9.97 Å². The van der Waals surface area contributed by atoms with Crippen LogP contribution in [-0.4, -0.2) is 28.5 Å². The number of anilines is 2. The summed E-state index contributed by atoms with van der Waals surface area (Å²) in [6, 6.07) is 10.8. The van der Waals surface area contributed by atoms with E-state index in [0.29, 0.717) is 33.7 Å². The molecular formula is C27H22FN5O3S2. The Balaban J connectivity index is 1.44. The first-order valence-corrected chi connectivity index (χ1v) is 13.2. The number of thiazole rings is 2. The van der Waals surface area contributed by atoms with Crippen molar-refractivity contribution in [2.45, 2.75) is 12.8 Å². The molecule has 1 aliphatic heterocycles. The Kier molecular flexibility index (Phi) is 7.03. The molecular weight excluding hydrogens is 525 g/mol. The van der Waals surface area contributed by atoms with Gasteiger partial charge in [-0.05, 0) is 60.9 Å². The molecule has 3 N–H and O–H groups in total. The summed E-state index contributed by atoms with van der Waals surface area (Å²) in [7, 11) is 0. The van der Waals surface area contributed by atoms with Crippen molar-refractivity contribution in [3.8, 4) is 21.4 Å². The van der Waals surface area contributed by atoms with Crippen LogP contribution in [0.5, 0.6) is 10.8 Å². The maximum absolute atomic E-state index is 13.3. The number of aromatic nitrogens is 2. The van der Waals surface area contributed by atoms with Gasteiger partial charge >= 0.3 is 6.03 Å². The number of rotatable bonds is 7. The first-order valence-electron chi connectivity index (χ1n) is 11.6. The van der Waals surface area contributed by atoms with Crippen molar-refractivity contribution >= 4 is 57.6 Å². The number of carbonyl (C=O) groups is 2. The third-order valence-electron chi connectivity index (χ3n) is 5.82. The van der Waals surface area contributed by atoms with Gasteiger partial charge in [-0.25, -0.2) is 19.2 Å². The number of nitrogens with zero attached hydrogens (tertiary/aromatic N) is 3. The maximum Gasteiger partial charge on any atom is 0.328 e. The number of amides is 3. The fraction of sp³-hybridized carbons (Fsp3) is 0.111. The molecule has 0 saturated carbocycles. The van der Waals surface area contributed by atoms with Crippen LogP contribution in [0.1, 0.15) is 33.0 Å². The summed E-state index contributed by atoms with van der Waals surface area (Å²) in [4.78, 5) is 36.6. The molecule has 0 radical (unpaired) electrons. The number of primary amides is 1. The highest BCUT2D eigenvalue weighted by molar-refractivity contribution is 7.17. The quantitative estimate of drug-likeness (QED) is 0.272. The minimum Gasteiger partial charge on any atom is -0.444 e. The number of fused-ring (bicyclic) bond motifs is 1. The predicted octanol–water partition coefficient (Wildman–Crippen LogP) is 6.57. The van der Waals surface area contributed by atoms with E-state index >= 15 is 0 Å². The van der Waals surface area contributed by atoms with Crippen molar-refractivity contribution in [2.75, 3.05) is 16.8 Å². The Morgan fingerprint density at radius 3 is 2.58 bits per heavy atom. The average molecular weight is 548 g/mol. The third-order valence-corrected chi connectivity index (χ3v) is 7.79. The van der Waals surface area contributed by atoms with Crippen molar-refractivity contribution in [3.05, 3.63) is 83.3 Å². The van der Waals surface area contributed by atoms with Gasteiger partial charge in [0, 0.05) is 17.8 Å². The largest absolute Gasteiger partial charge is 0.444 e. The Morgan fingerprint density at radius 1 is 1.11 bits per heavy atom. The van der Waals surface area contributed by atoms with Crippen LogP contribution in [0.4, 0.5) is 20.0 Å². The second kappa shape index (κ2) is 10.6. The number of benzene rings is 2. The number of carbonyl (C=O) groups excluding carboxylic acids is 2. The minimum absolute atomic E-state index is 0.0264. The molecule has 2 aromatic heterocycles. The zero-order valence-electron chi connectivity index (χ0n) is 20.1. The molecule has 38 heavy (non-hydrogen) atoms. The lowest BCUT2D eigenvalue weighted by Gasteiger charge is -2.29. The van der Waals surface area contributed by atoms with E-state index in [2.05, 4.69) is 28.4 Å². The van der Waals surface area contributed by atoms with Crippen LogP contribution in [0.3, 0.4) is 0 Å². The van der Waals surface area contributed by atoms with Gasteiger partial charge in [-0.15, -0.1) is 0 Å². The zero-order chi connectivity index (χ0) is 26.8. The minimum atomic E-state index is -0.746. The number of halogens is 1. The van der Waals surface area contributed by atoms with Gasteiger partial charge in [0.15, 0.2) is 10.8 Å². The maximum atomic E-state index is 13.3. The van der Waals surface area contributed by atoms with Gasteiger partial charge in [0.2, 0.25) is 5.06 Å². The molecule has 0 fully saturated rings. The summed E-state index contributed by atoms with van der Waals surface area (Å²) in [5, 5.41) is 4.03. The lowest BCUT2D eigenvalue weighted by atomic mass is 10.00. The second-order valence-electron chi connectivity index (χ2n) is 8.28. The SMILES string of the molecule is C=Cc1nc(NC(=O)N2CCCc3ccc(-c4nc(C(N)=O)c(Oc5ccc(F)cc5)s4)cc32)sc1C=C. The summed E-state index contributed by atoms with van der Waals surface area (Å²) in [6.07, 6.45) is 4.93. The van der Waals surface area contributed by atoms with E-state index in [1.807, 2.05) is 18.2 Å². The number of ether oxygens (including phenoxy) is 1. The number of nitrogens with one attached hydrogen (secondary N) is 1. The molecule has 3 amide bonds. The van der Waals surface area contributed by atoms with Crippen molar-refractivity contribution in [1.29, 1.82) is 0 Å². The second-order valence-corrected chi connectivity index (χ2v) is 10.3. The first-order chi connectivity index (χ1) is 18.4. The predicted molar refractivity (Wildman–Crippen MR) is 150 cm³/mol. The van der Waals surface area contributed by atoms with Crippen LogP contribution in [0.25, 0.3) is 22.7 Å². The Hall–Kier alpha value is -4.35. The van der Waals surface area contributed by atoms with Crippen LogP contribution >= 0.6 is 22.7 Å². The number of urea groups is 1. The van der Waals surface area contributed by atoms with Crippen LogP contribution in [-0.2, 0) is 6.42 Å². The molecule has 1 aliphatic rings. The van der Waals surface area contributed by atoms with E-state index < -0.39 is 11.7 Å². The summed E-state index contributed by atoms with van der Waals surface area (Å²) < 4.78 is 19.1. The van der Waals surface area contributed by atoms with E-state index in [4.69, 9.17) is 10.5 Å². The molecule has 0 spiro atoms. The summed E-state index contributed by atoms with van der Waals surface area (Å²) in [5.74, 6) is -0.805. The lowest BCUT2D eigenvalue weighted by molar-refractivity contribution is 0.0994. The van der Waals surface area contributed by atoms with Gasteiger partial charge < -0.3 is 10.5 Å². The monoisotopic (exact) mass is 547 g/mol. The van der Waals surface area contributed by atoms with Gasteiger partial charge in [-0.2, -0.15) is 0 Å². The highest BCUT2D eigenvalue weighted by atomic mass is 32.1. The van der Waals surface area contributed by atoms with Crippen molar-refractivity contribution < 1.29 is 18.7 Å². The number of hydrogen-bond donors (Lipinski definition) is 2. The highest BCUT2D eigenvalue weighted by Gasteiger charge is 2.26. The first kappa shape index (κ1) is 25.3. The van der Waals surface area contributed by atoms with Gasteiger partial charge in [-0.3, -0.25) is 15.0 Å². The normalized spacial score (nSPS) is 12.5. The van der Waals surface area contributed by atoms with E-state index in [9.17, 15) is 14.0 Å². The van der Waals surface area contributed by atoms with E-state index in [-0.39, 0.29) is 16.8 Å². The van der Waals surface area contributed by atoms with E-state index in [1.165, 1.54) is 35.6 Å². The fourth-order valence-corrected chi connectivity index (χ4v) is 5.78. The van der Waals surface area contributed by atoms with Crippen LogP contribution in [0.2, 0.25) is 0 Å². The molecule has 192 valence electrons. The van der Waals surface area contributed by atoms with Gasteiger partial charge in [0.05, 0.1) is 10.6 Å². The number of nitrogens with two attached hydrogens (primary N) is 1. The molecule has 5 rings (SSSR count). The Labute approximate surface area is 225 Å². The fourth-order valence-electron chi connectivity index (χ4n) is 4.03. The molecule has 0 unspecified atom stereocenters. The van der Waals surface area contributed by atoms with Crippen LogP contribution in [0.15, 0.2) is 55.6 Å². The summed E-state index contributed by atoms with van der Waals surface area (Å²) >= 11 is 2.46. The number of hydrogen-bond acceptors (Lipinski definition) is 7. The highest BCUT2D eigenvalue weighted by Crippen LogP contribution is 2.39. The Morgan fingerprint density at radius 2 is 1.89 bits per heavy atom. The average Bonchev–Trinajstić information content (AvgIpc) is 3.53. The molecule has 8 nitrogen and oxygen atoms in total. The van der Waals surface area contributed by atoms with Crippen molar-refractivity contribution in [2.24, 2.45) is 5.73 Å². The topological polar surface area (TPSA) is 110 Å². The van der Waals surface area contributed by atoms with Gasteiger partial charge in [-0.1, -0.05) is 48.0 Å². The van der Waals surface area contributed by atoms with Crippen LogP contribution < -0.4 is 20.7 Å². The molecule has 0 saturated heterocycles. The smallest absolute Gasteiger partial charge is 0.328 e. The molecule has 4 aromatic rings. The van der Waals surface area contributed by atoms with E-state index in [0.717, 1.165) is 40.3 Å². The molecule has 3 heterocycles. The van der Waals surface area contributed by atoms with Crippen molar-refractivity contribution in [3.63, 3.8) is 0 Å². The van der Waals surface area contributed by atoms with Gasteiger partial charge in [0.1, 0.15) is 16.6 Å². The van der Waals surface area contributed by atoms with E-state index in [1.54, 1.807) is 17.1 Å². The van der Waals surface area contributed by atoms with Gasteiger partial charge in [0.25, 0.3) is 5.91 Å². The summed E-state index contributed by atoms with van der Waals surface area (Å²) in [6.45, 7) is 8.06. The summed E-state index contributed by atoms with van der Waals surface area (Å²) in [5.41, 5.74) is 8.64. The number of aryl methyl sites for hydroxylation is 1. The molecule has 0 aliphatic carbocycles. The molecule has 2 aromatic carbocycles. The van der Waals surface area contributed by atoms with Crippen LogP contribution in [0, 0.1) is 5.82 Å². The zero-order valence-corrected chi connectivity index (χ0v) is 21.7. The molecule has 11 heteroatoms. The third kappa shape index (κ3) is 5.06.